The van der Waals surface area contributed by atoms with Gasteiger partial charge in [0.15, 0.2) is 0 Å². The zero-order valence-electron chi connectivity index (χ0n) is 12.0. The normalized spacial score (nSPS) is 26.1. The monoisotopic (exact) mass is 280 g/mol. The van der Waals surface area contributed by atoms with Crippen molar-refractivity contribution in [3.05, 3.63) is 29.8 Å². The van der Waals surface area contributed by atoms with Crippen molar-refractivity contribution in [2.24, 2.45) is 5.73 Å². The van der Waals surface area contributed by atoms with Gasteiger partial charge in [0.2, 0.25) is 0 Å². The van der Waals surface area contributed by atoms with E-state index in [1.807, 2.05) is 12.1 Å². The van der Waals surface area contributed by atoms with E-state index in [4.69, 9.17) is 10.5 Å². The molecule has 1 aromatic rings. The zero-order chi connectivity index (χ0) is 13.8. The quantitative estimate of drug-likeness (QED) is 0.920. The Labute approximate surface area is 120 Å². The largest absolute Gasteiger partial charge is 0.497 e. The Morgan fingerprint density at radius 1 is 1.37 bits per heavy atom. The lowest BCUT2D eigenvalue weighted by Gasteiger charge is -2.42. The molecule has 1 heterocycles. The van der Waals surface area contributed by atoms with E-state index in [-0.39, 0.29) is 0 Å². The van der Waals surface area contributed by atoms with Gasteiger partial charge in [-0.2, -0.15) is 11.8 Å². The van der Waals surface area contributed by atoms with Crippen molar-refractivity contribution in [3.8, 4) is 5.75 Å². The molecule has 1 aromatic carbocycles. The third-order valence-electron chi connectivity index (χ3n) is 4.06. The van der Waals surface area contributed by atoms with Crippen LogP contribution in [0.15, 0.2) is 24.3 Å². The highest BCUT2D eigenvalue weighted by atomic mass is 32.2. The molecule has 0 bridgehead atoms. The van der Waals surface area contributed by atoms with Crippen LogP contribution in [0.2, 0.25) is 0 Å². The van der Waals surface area contributed by atoms with Gasteiger partial charge >= 0.3 is 0 Å². The summed E-state index contributed by atoms with van der Waals surface area (Å²) in [6.07, 6.45) is 0. The summed E-state index contributed by atoms with van der Waals surface area (Å²) >= 11 is 2.06. The van der Waals surface area contributed by atoms with Crippen LogP contribution < -0.4 is 10.5 Å². The van der Waals surface area contributed by atoms with Crippen molar-refractivity contribution in [3.63, 3.8) is 0 Å². The molecule has 19 heavy (non-hydrogen) atoms. The Morgan fingerprint density at radius 2 is 2.05 bits per heavy atom. The lowest BCUT2D eigenvalue weighted by molar-refractivity contribution is 0.150. The van der Waals surface area contributed by atoms with Gasteiger partial charge in [0, 0.05) is 36.2 Å². The zero-order valence-corrected chi connectivity index (χ0v) is 12.8. The van der Waals surface area contributed by atoms with Crippen LogP contribution in [-0.4, -0.2) is 42.1 Å². The second-order valence-electron chi connectivity index (χ2n) is 5.08. The van der Waals surface area contributed by atoms with E-state index < -0.39 is 0 Å². The van der Waals surface area contributed by atoms with E-state index in [9.17, 15) is 0 Å². The van der Waals surface area contributed by atoms with Gasteiger partial charge in [-0.05, 0) is 24.6 Å². The molecule has 0 aliphatic carbocycles. The van der Waals surface area contributed by atoms with Crippen molar-refractivity contribution in [2.45, 2.75) is 31.2 Å². The maximum atomic E-state index is 6.03. The maximum Gasteiger partial charge on any atom is 0.118 e. The highest BCUT2D eigenvalue weighted by Gasteiger charge is 2.30. The van der Waals surface area contributed by atoms with E-state index in [1.165, 1.54) is 11.3 Å². The lowest BCUT2D eigenvalue weighted by Crippen LogP contribution is -2.48. The van der Waals surface area contributed by atoms with Gasteiger partial charge < -0.3 is 10.5 Å². The summed E-state index contributed by atoms with van der Waals surface area (Å²) in [6, 6.07) is 9.18. The van der Waals surface area contributed by atoms with Gasteiger partial charge in [-0.1, -0.05) is 19.1 Å². The van der Waals surface area contributed by atoms with Crippen LogP contribution in [0, 0.1) is 0 Å². The Kier molecular flexibility index (Phi) is 5.13. The predicted molar refractivity (Wildman–Crippen MR) is 82.9 cm³/mol. The molecular weight excluding hydrogens is 256 g/mol. The molecule has 1 aliphatic rings. The Bertz CT molecular complexity index is 396. The van der Waals surface area contributed by atoms with E-state index in [0.717, 1.165) is 12.3 Å². The second-order valence-corrected chi connectivity index (χ2v) is 6.56. The average Bonchev–Trinajstić information content (AvgIpc) is 2.45. The van der Waals surface area contributed by atoms with Crippen LogP contribution in [0.3, 0.4) is 0 Å². The molecule has 2 N–H and O–H groups in total. The molecule has 3 atom stereocenters. The van der Waals surface area contributed by atoms with Crippen LogP contribution in [0.5, 0.6) is 5.75 Å². The molecule has 4 heteroatoms. The van der Waals surface area contributed by atoms with Gasteiger partial charge in [-0.15, -0.1) is 0 Å². The molecule has 3 nitrogen and oxygen atoms in total. The predicted octanol–water partition coefficient (Wildman–Crippen LogP) is 2.52. The summed E-state index contributed by atoms with van der Waals surface area (Å²) in [5, 5.41) is 0.668. The van der Waals surface area contributed by atoms with Crippen molar-refractivity contribution in [1.82, 2.24) is 4.90 Å². The number of thioether (sulfide) groups is 1. The molecule has 3 unspecified atom stereocenters. The topological polar surface area (TPSA) is 38.5 Å². The Hall–Kier alpha value is -0.710. The molecule has 0 radical (unpaired) electrons. The molecule has 1 fully saturated rings. The fourth-order valence-electron chi connectivity index (χ4n) is 2.69. The first-order valence-corrected chi connectivity index (χ1v) is 7.93. The number of nitrogens with two attached hydrogens (primary N) is 1. The number of hydrogen-bond acceptors (Lipinski definition) is 4. The highest BCUT2D eigenvalue weighted by Crippen LogP contribution is 2.31. The van der Waals surface area contributed by atoms with Crippen LogP contribution in [0.25, 0.3) is 0 Å². The van der Waals surface area contributed by atoms with Crippen LogP contribution in [0.1, 0.15) is 25.5 Å². The number of ether oxygens (including phenoxy) is 1. The summed E-state index contributed by atoms with van der Waals surface area (Å²) in [7, 11) is 1.70. The molecular formula is C15H24N2OS. The number of hydrogen-bond donors (Lipinski definition) is 1. The summed E-state index contributed by atoms with van der Waals surface area (Å²) < 4.78 is 5.22. The van der Waals surface area contributed by atoms with E-state index in [0.29, 0.717) is 23.9 Å². The number of rotatable bonds is 4. The number of nitrogens with zero attached hydrogens (tertiary/aromatic N) is 1. The van der Waals surface area contributed by atoms with Gasteiger partial charge in [0.25, 0.3) is 0 Å². The molecule has 1 aliphatic heterocycles. The van der Waals surface area contributed by atoms with Gasteiger partial charge in [0.05, 0.1) is 7.11 Å². The van der Waals surface area contributed by atoms with Crippen molar-refractivity contribution in [2.75, 3.05) is 26.0 Å². The van der Waals surface area contributed by atoms with Crippen molar-refractivity contribution >= 4 is 11.8 Å². The van der Waals surface area contributed by atoms with E-state index in [1.54, 1.807) is 7.11 Å². The minimum atomic E-state index is 0.309. The minimum absolute atomic E-state index is 0.309. The lowest BCUT2D eigenvalue weighted by atomic mass is 10.0. The first kappa shape index (κ1) is 14.7. The third kappa shape index (κ3) is 3.25. The molecule has 2 rings (SSSR count). The second kappa shape index (κ2) is 6.64. The fraction of sp³-hybridized carbons (Fsp3) is 0.600. The molecule has 1 saturated heterocycles. The molecule has 0 spiro atoms. The number of benzene rings is 1. The van der Waals surface area contributed by atoms with E-state index in [2.05, 4.69) is 42.6 Å². The molecule has 0 aromatic heterocycles. The molecule has 0 saturated carbocycles. The van der Waals surface area contributed by atoms with Crippen LogP contribution >= 0.6 is 11.8 Å². The summed E-state index contributed by atoms with van der Waals surface area (Å²) in [4.78, 5) is 2.54. The van der Waals surface area contributed by atoms with Crippen molar-refractivity contribution < 1.29 is 4.74 Å². The maximum absolute atomic E-state index is 6.03. The fourth-order valence-corrected chi connectivity index (χ4v) is 3.81. The Morgan fingerprint density at radius 3 is 2.63 bits per heavy atom. The van der Waals surface area contributed by atoms with Crippen molar-refractivity contribution in [1.29, 1.82) is 0 Å². The first-order valence-electron chi connectivity index (χ1n) is 6.88. The van der Waals surface area contributed by atoms with Gasteiger partial charge in [0.1, 0.15) is 5.75 Å². The van der Waals surface area contributed by atoms with Crippen LogP contribution in [0.4, 0.5) is 0 Å². The van der Waals surface area contributed by atoms with Gasteiger partial charge in [-0.3, -0.25) is 4.90 Å². The summed E-state index contributed by atoms with van der Waals surface area (Å²) in [6.45, 7) is 6.39. The van der Waals surface area contributed by atoms with E-state index >= 15 is 0 Å². The smallest absolute Gasteiger partial charge is 0.118 e. The highest BCUT2D eigenvalue weighted by molar-refractivity contribution is 8.00. The Balaban J connectivity index is 2.18. The number of methoxy groups -OCH3 is 1. The third-order valence-corrected chi connectivity index (χ3v) is 5.39. The minimum Gasteiger partial charge on any atom is -0.497 e. The standard InChI is InChI=1S/C15H24N2OS/c1-11-12(2)19-9-8-17(11)15(10-16)13-4-6-14(18-3)7-5-13/h4-7,11-12,15H,8-10,16H2,1-3H3. The average molecular weight is 280 g/mol. The summed E-state index contributed by atoms with van der Waals surface area (Å²) in [5.74, 6) is 2.09. The van der Waals surface area contributed by atoms with Crippen LogP contribution in [-0.2, 0) is 0 Å². The molecule has 106 valence electrons. The summed E-state index contributed by atoms with van der Waals surface area (Å²) in [5.41, 5.74) is 7.32. The SMILES string of the molecule is COc1ccc(C(CN)N2CCSC(C)C2C)cc1. The van der Waals surface area contributed by atoms with Gasteiger partial charge in [-0.25, -0.2) is 0 Å². The molecule has 0 amide bonds. The first-order chi connectivity index (χ1) is 9.17.